The average molecular weight is 292 g/mol. The Kier molecular flexibility index (Phi) is 4.13. The summed E-state index contributed by atoms with van der Waals surface area (Å²) in [6.07, 6.45) is 0.100. The van der Waals surface area contributed by atoms with E-state index in [2.05, 4.69) is 0 Å². The summed E-state index contributed by atoms with van der Waals surface area (Å²) >= 11 is 1.11. The first-order chi connectivity index (χ1) is 9.41. The lowest BCUT2D eigenvalue weighted by atomic mass is 10.2. The Morgan fingerprint density at radius 3 is 2.55 bits per heavy atom. The van der Waals surface area contributed by atoms with Crippen LogP contribution in [0.3, 0.4) is 0 Å². The van der Waals surface area contributed by atoms with Gasteiger partial charge in [-0.2, -0.15) is 0 Å². The van der Waals surface area contributed by atoms with Crippen LogP contribution in [-0.4, -0.2) is 34.0 Å². The number of thioether (sulfide) groups is 1. The van der Waals surface area contributed by atoms with Crippen LogP contribution in [0.2, 0.25) is 0 Å². The lowest BCUT2D eigenvalue weighted by Gasteiger charge is -2.19. The Bertz CT molecular complexity index is 570. The number of aromatic carboxylic acids is 1. The number of carbonyl (C=O) groups is 3. The van der Waals surface area contributed by atoms with Crippen LogP contribution in [0.15, 0.2) is 29.2 Å². The molecular weight excluding hydrogens is 278 g/mol. The zero-order valence-corrected chi connectivity index (χ0v) is 12.0. The van der Waals surface area contributed by atoms with Gasteiger partial charge in [0.05, 0.1) is 11.2 Å². The molecule has 0 unspecified atom stereocenters. The maximum atomic E-state index is 12.2. The molecule has 1 saturated heterocycles. The van der Waals surface area contributed by atoms with E-state index in [1.165, 1.54) is 11.0 Å². The third kappa shape index (κ3) is 2.70. The summed E-state index contributed by atoms with van der Waals surface area (Å²) in [7, 11) is 0. The van der Waals surface area contributed by atoms with Crippen molar-refractivity contribution in [1.29, 1.82) is 0 Å². The van der Waals surface area contributed by atoms with Gasteiger partial charge in [0, 0.05) is 22.9 Å². The van der Waals surface area contributed by atoms with Gasteiger partial charge in [-0.1, -0.05) is 18.2 Å². The molecule has 0 saturated carbocycles. The van der Waals surface area contributed by atoms with Gasteiger partial charge in [0.25, 0.3) is 0 Å². The molecule has 5 nitrogen and oxygen atoms in total. The summed E-state index contributed by atoms with van der Waals surface area (Å²) < 4.78 is 0. The largest absolute Gasteiger partial charge is 0.545 e. The summed E-state index contributed by atoms with van der Waals surface area (Å²) in [5.74, 6) is -1.76. The van der Waals surface area contributed by atoms with Gasteiger partial charge >= 0.3 is 0 Å². The van der Waals surface area contributed by atoms with Crippen LogP contribution in [-0.2, 0) is 9.59 Å². The maximum Gasteiger partial charge on any atom is 0.243 e. The Labute approximate surface area is 121 Å². The summed E-state index contributed by atoms with van der Waals surface area (Å²) in [4.78, 5) is 36.7. The van der Waals surface area contributed by atoms with Gasteiger partial charge in [0.15, 0.2) is 0 Å². The first kappa shape index (κ1) is 14.6. The summed E-state index contributed by atoms with van der Waals surface area (Å²) in [6, 6.07) is 6.15. The highest BCUT2D eigenvalue weighted by atomic mass is 32.2. The zero-order valence-electron chi connectivity index (χ0n) is 11.2. The summed E-state index contributed by atoms with van der Waals surface area (Å²) in [5.41, 5.74) is 0.0424. The van der Waals surface area contributed by atoms with E-state index in [1.807, 2.05) is 0 Å². The predicted molar refractivity (Wildman–Crippen MR) is 72.0 cm³/mol. The number of hydrogen-bond acceptors (Lipinski definition) is 5. The van der Waals surface area contributed by atoms with E-state index < -0.39 is 11.2 Å². The van der Waals surface area contributed by atoms with Crippen molar-refractivity contribution in [3.8, 4) is 0 Å². The van der Waals surface area contributed by atoms with Gasteiger partial charge in [0.1, 0.15) is 0 Å². The number of carboxylic acids is 1. The quantitative estimate of drug-likeness (QED) is 0.763. The fourth-order valence-corrected chi connectivity index (χ4v) is 3.33. The maximum absolute atomic E-state index is 12.2. The highest BCUT2D eigenvalue weighted by Gasteiger charge is 2.40. The molecule has 20 heavy (non-hydrogen) atoms. The molecule has 1 aliphatic rings. The third-order valence-electron chi connectivity index (χ3n) is 3.03. The molecule has 0 bridgehead atoms. The van der Waals surface area contributed by atoms with E-state index in [-0.39, 0.29) is 29.8 Å². The van der Waals surface area contributed by atoms with Gasteiger partial charge in [0.2, 0.25) is 11.8 Å². The Balaban J connectivity index is 2.22. The fourth-order valence-electron chi connectivity index (χ4n) is 2.15. The first-order valence-corrected chi connectivity index (χ1v) is 7.12. The SMILES string of the molecule is CC(C)N1C(=O)C[C@@H](Sc2ccccc2C(=O)[O-])C1=O. The number of rotatable bonds is 4. The fraction of sp³-hybridized carbons (Fsp3) is 0.357. The molecule has 1 aromatic carbocycles. The van der Waals surface area contributed by atoms with Crippen LogP contribution in [0.4, 0.5) is 0 Å². The molecule has 1 heterocycles. The molecule has 106 valence electrons. The summed E-state index contributed by atoms with van der Waals surface area (Å²) in [5, 5.41) is 10.5. The van der Waals surface area contributed by atoms with E-state index in [0.717, 1.165) is 11.8 Å². The van der Waals surface area contributed by atoms with Gasteiger partial charge in [-0.3, -0.25) is 14.5 Å². The van der Waals surface area contributed by atoms with E-state index >= 15 is 0 Å². The van der Waals surface area contributed by atoms with E-state index in [1.54, 1.807) is 32.0 Å². The van der Waals surface area contributed by atoms with Crippen molar-refractivity contribution in [3.05, 3.63) is 29.8 Å². The van der Waals surface area contributed by atoms with Crippen LogP contribution < -0.4 is 5.11 Å². The van der Waals surface area contributed by atoms with Crippen molar-refractivity contribution in [3.63, 3.8) is 0 Å². The highest BCUT2D eigenvalue weighted by Crippen LogP contribution is 2.33. The summed E-state index contributed by atoms with van der Waals surface area (Å²) in [6.45, 7) is 3.55. The monoisotopic (exact) mass is 292 g/mol. The lowest BCUT2D eigenvalue weighted by molar-refractivity contribution is -0.255. The molecule has 1 fully saturated rings. The van der Waals surface area contributed by atoms with Gasteiger partial charge in [-0.15, -0.1) is 11.8 Å². The van der Waals surface area contributed by atoms with Crippen molar-refractivity contribution in [2.75, 3.05) is 0 Å². The van der Waals surface area contributed by atoms with Crippen LogP contribution in [0, 0.1) is 0 Å². The smallest absolute Gasteiger partial charge is 0.243 e. The number of nitrogens with zero attached hydrogens (tertiary/aromatic N) is 1. The van der Waals surface area contributed by atoms with Crippen molar-refractivity contribution < 1.29 is 19.5 Å². The van der Waals surface area contributed by atoms with E-state index in [4.69, 9.17) is 0 Å². The van der Waals surface area contributed by atoms with Crippen LogP contribution >= 0.6 is 11.8 Å². The van der Waals surface area contributed by atoms with Crippen LogP contribution in [0.25, 0.3) is 0 Å². The van der Waals surface area contributed by atoms with Crippen molar-refractivity contribution in [1.82, 2.24) is 4.90 Å². The molecule has 0 spiro atoms. The minimum Gasteiger partial charge on any atom is -0.545 e. The number of carbonyl (C=O) groups excluding carboxylic acids is 3. The molecular formula is C14H14NO4S-. The van der Waals surface area contributed by atoms with Gasteiger partial charge in [-0.25, -0.2) is 0 Å². The molecule has 0 aliphatic carbocycles. The molecule has 2 amide bonds. The normalized spacial score (nSPS) is 18.9. The minimum absolute atomic E-state index is 0.0424. The van der Waals surface area contributed by atoms with Crippen LogP contribution in [0.1, 0.15) is 30.6 Å². The number of imide groups is 1. The molecule has 0 aromatic heterocycles. The second-order valence-electron chi connectivity index (χ2n) is 4.79. The second-order valence-corrected chi connectivity index (χ2v) is 6.03. The molecule has 1 atom stereocenters. The van der Waals surface area contributed by atoms with Crippen molar-refractivity contribution in [2.45, 2.75) is 36.5 Å². The van der Waals surface area contributed by atoms with Gasteiger partial charge in [-0.05, 0) is 19.9 Å². The Hall–Kier alpha value is -1.82. The molecule has 1 aliphatic heterocycles. The van der Waals surface area contributed by atoms with Crippen molar-refractivity contribution >= 4 is 29.5 Å². The van der Waals surface area contributed by atoms with E-state index in [9.17, 15) is 19.5 Å². The number of hydrogen-bond donors (Lipinski definition) is 0. The predicted octanol–water partition coefficient (Wildman–Crippen LogP) is 0.678. The third-order valence-corrected chi connectivity index (χ3v) is 4.30. The topological polar surface area (TPSA) is 77.5 Å². The zero-order chi connectivity index (χ0) is 14.9. The molecule has 0 radical (unpaired) electrons. The van der Waals surface area contributed by atoms with E-state index in [0.29, 0.717) is 4.90 Å². The Morgan fingerprint density at radius 2 is 2.00 bits per heavy atom. The molecule has 0 N–H and O–H groups in total. The Morgan fingerprint density at radius 1 is 1.35 bits per heavy atom. The number of amides is 2. The van der Waals surface area contributed by atoms with Crippen LogP contribution in [0.5, 0.6) is 0 Å². The lowest BCUT2D eigenvalue weighted by Crippen LogP contribution is -2.37. The second kappa shape index (κ2) is 5.66. The molecule has 1 aromatic rings. The average Bonchev–Trinajstić information content (AvgIpc) is 2.64. The number of carboxylic acid groups (broad SMARTS) is 1. The highest BCUT2D eigenvalue weighted by molar-refractivity contribution is 8.00. The molecule has 6 heteroatoms. The standard InChI is InChI=1S/C14H15NO4S/c1-8(2)15-12(16)7-11(13(15)17)20-10-6-4-3-5-9(10)14(18)19/h3-6,8,11H,7H2,1-2H3,(H,18,19)/p-1/t11-/m1/s1. The number of likely N-dealkylation sites (tertiary alicyclic amines) is 1. The van der Waals surface area contributed by atoms with Gasteiger partial charge < -0.3 is 9.90 Å². The molecule has 2 rings (SSSR count). The minimum atomic E-state index is -1.29. The first-order valence-electron chi connectivity index (χ1n) is 6.24. The van der Waals surface area contributed by atoms with Crippen molar-refractivity contribution in [2.24, 2.45) is 0 Å². The number of benzene rings is 1.